The summed E-state index contributed by atoms with van der Waals surface area (Å²) in [7, 11) is 1.57. The van der Waals surface area contributed by atoms with Crippen molar-refractivity contribution < 1.29 is 9.53 Å². The third-order valence-electron chi connectivity index (χ3n) is 5.72. The van der Waals surface area contributed by atoms with Crippen LogP contribution in [0.15, 0.2) is 72.8 Å². The molecule has 1 N–H and O–H groups in total. The van der Waals surface area contributed by atoms with Crippen molar-refractivity contribution >= 4 is 28.3 Å². The van der Waals surface area contributed by atoms with Crippen molar-refractivity contribution in [2.24, 2.45) is 0 Å². The number of benzene rings is 3. The molecule has 0 unspecified atom stereocenters. The number of nitrogens with one attached hydrogen (secondary N) is 1. The maximum Gasteiger partial charge on any atom is 0.259 e. The molecule has 0 saturated heterocycles. The van der Waals surface area contributed by atoms with Gasteiger partial charge in [-0.1, -0.05) is 24.3 Å². The highest BCUT2D eigenvalue weighted by Gasteiger charge is 2.19. The fourth-order valence-corrected chi connectivity index (χ4v) is 4.17. The van der Waals surface area contributed by atoms with Gasteiger partial charge < -0.3 is 19.5 Å². The van der Waals surface area contributed by atoms with E-state index in [0.29, 0.717) is 11.3 Å². The highest BCUT2D eigenvalue weighted by Crippen LogP contribution is 2.26. The molecule has 0 spiro atoms. The van der Waals surface area contributed by atoms with Crippen molar-refractivity contribution in [2.45, 2.75) is 19.5 Å². The summed E-state index contributed by atoms with van der Waals surface area (Å²) in [5.41, 5.74) is 4.64. The summed E-state index contributed by atoms with van der Waals surface area (Å²) in [6.45, 7) is 2.70. The van der Waals surface area contributed by atoms with Gasteiger partial charge in [0, 0.05) is 24.5 Å². The first-order valence-corrected chi connectivity index (χ1v) is 10.5. The van der Waals surface area contributed by atoms with Gasteiger partial charge in [0.1, 0.15) is 11.6 Å². The van der Waals surface area contributed by atoms with Gasteiger partial charge in [0.2, 0.25) is 0 Å². The molecule has 2 heterocycles. The summed E-state index contributed by atoms with van der Waals surface area (Å²) in [6, 6.07) is 23.5. The van der Waals surface area contributed by atoms with Crippen LogP contribution in [0.25, 0.3) is 11.0 Å². The van der Waals surface area contributed by atoms with E-state index in [1.165, 1.54) is 5.52 Å². The van der Waals surface area contributed by atoms with Crippen LogP contribution in [0, 0.1) is 0 Å². The van der Waals surface area contributed by atoms with Crippen molar-refractivity contribution in [3.05, 3.63) is 84.2 Å². The predicted octanol–water partition coefficient (Wildman–Crippen LogP) is 4.71. The van der Waals surface area contributed by atoms with Crippen LogP contribution in [0.2, 0.25) is 0 Å². The zero-order valence-corrected chi connectivity index (χ0v) is 17.4. The molecule has 5 rings (SSSR count). The Balaban J connectivity index is 1.33. The van der Waals surface area contributed by atoms with E-state index in [9.17, 15) is 4.79 Å². The van der Waals surface area contributed by atoms with Crippen LogP contribution in [0.5, 0.6) is 5.75 Å². The number of hydrogen-bond donors (Lipinski definition) is 1. The molecular weight excluding hydrogens is 388 g/mol. The number of fused-ring (bicyclic) bond motifs is 3. The Morgan fingerprint density at radius 1 is 0.968 bits per heavy atom. The third-order valence-corrected chi connectivity index (χ3v) is 5.72. The standard InChI is InChI=1S/C25H24N4O2/c1-31-23-10-5-2-7-20(23)25(30)26-18-11-13-19(14-12-18)28-15-6-16-29-22-9-4-3-8-21(22)27-24(29)17-28/h2-5,7-14H,6,15-17H2,1H3,(H,26,30). The zero-order valence-electron chi connectivity index (χ0n) is 17.4. The fraction of sp³-hybridized carbons (Fsp3) is 0.200. The number of aryl methyl sites for hydroxylation is 1. The summed E-state index contributed by atoms with van der Waals surface area (Å²) in [5, 5.41) is 2.95. The van der Waals surface area contributed by atoms with Gasteiger partial charge in [0.05, 0.1) is 30.3 Å². The summed E-state index contributed by atoms with van der Waals surface area (Å²) in [4.78, 5) is 19.8. The second kappa shape index (κ2) is 8.14. The molecule has 156 valence electrons. The van der Waals surface area contributed by atoms with E-state index in [-0.39, 0.29) is 5.91 Å². The van der Waals surface area contributed by atoms with Crippen LogP contribution in [0.3, 0.4) is 0 Å². The molecule has 6 heteroatoms. The minimum absolute atomic E-state index is 0.186. The van der Waals surface area contributed by atoms with Crippen molar-refractivity contribution in [2.75, 3.05) is 23.9 Å². The van der Waals surface area contributed by atoms with Gasteiger partial charge in [-0.3, -0.25) is 4.79 Å². The molecule has 6 nitrogen and oxygen atoms in total. The second-order valence-corrected chi connectivity index (χ2v) is 7.64. The van der Waals surface area contributed by atoms with Crippen LogP contribution in [0.4, 0.5) is 11.4 Å². The van der Waals surface area contributed by atoms with E-state index < -0.39 is 0 Å². The zero-order chi connectivity index (χ0) is 21.2. The molecule has 31 heavy (non-hydrogen) atoms. The van der Waals surface area contributed by atoms with E-state index >= 15 is 0 Å². The van der Waals surface area contributed by atoms with Gasteiger partial charge in [-0.05, 0) is 55.0 Å². The quantitative estimate of drug-likeness (QED) is 0.528. The first-order valence-electron chi connectivity index (χ1n) is 10.5. The molecule has 1 amide bonds. The Labute approximate surface area is 181 Å². The number of imidazole rings is 1. The molecule has 0 saturated carbocycles. The van der Waals surface area contributed by atoms with Crippen molar-refractivity contribution in [3.63, 3.8) is 0 Å². The number of carbonyl (C=O) groups is 1. The number of ether oxygens (including phenoxy) is 1. The van der Waals surface area contributed by atoms with E-state index in [4.69, 9.17) is 9.72 Å². The monoisotopic (exact) mass is 412 g/mol. The number of aromatic nitrogens is 2. The lowest BCUT2D eigenvalue weighted by Gasteiger charge is -2.22. The second-order valence-electron chi connectivity index (χ2n) is 7.64. The summed E-state index contributed by atoms with van der Waals surface area (Å²) in [5.74, 6) is 1.46. The molecule has 1 aromatic heterocycles. The van der Waals surface area contributed by atoms with Gasteiger partial charge in [-0.2, -0.15) is 0 Å². The predicted molar refractivity (Wildman–Crippen MR) is 123 cm³/mol. The molecule has 0 bridgehead atoms. The number of rotatable bonds is 4. The average molecular weight is 412 g/mol. The maximum atomic E-state index is 12.6. The smallest absolute Gasteiger partial charge is 0.259 e. The molecule has 3 aromatic carbocycles. The molecule has 1 aliphatic heterocycles. The topological polar surface area (TPSA) is 59.4 Å². The lowest BCUT2D eigenvalue weighted by Crippen LogP contribution is -2.23. The number of methoxy groups -OCH3 is 1. The number of anilines is 2. The first-order chi connectivity index (χ1) is 15.2. The molecule has 4 aromatic rings. The van der Waals surface area contributed by atoms with Crippen molar-refractivity contribution in [3.8, 4) is 5.75 Å². The van der Waals surface area contributed by atoms with Gasteiger partial charge in [0.15, 0.2) is 0 Å². The van der Waals surface area contributed by atoms with Crippen LogP contribution in [-0.4, -0.2) is 29.1 Å². The van der Waals surface area contributed by atoms with Gasteiger partial charge in [0.25, 0.3) is 5.91 Å². The Morgan fingerprint density at radius 2 is 1.74 bits per heavy atom. The van der Waals surface area contributed by atoms with Gasteiger partial charge in [-0.15, -0.1) is 0 Å². The molecule has 0 aliphatic carbocycles. The highest BCUT2D eigenvalue weighted by molar-refractivity contribution is 6.06. The Kier molecular flexibility index (Phi) is 5.04. The average Bonchev–Trinajstić information content (AvgIpc) is 3.02. The lowest BCUT2D eigenvalue weighted by molar-refractivity contribution is 0.102. The number of amides is 1. The Hall–Kier alpha value is -3.80. The molecular formula is C25H24N4O2. The number of nitrogens with zero attached hydrogens (tertiary/aromatic N) is 3. The fourth-order valence-electron chi connectivity index (χ4n) is 4.17. The van der Waals surface area contributed by atoms with Crippen LogP contribution < -0.4 is 15.0 Å². The van der Waals surface area contributed by atoms with Gasteiger partial charge in [-0.25, -0.2) is 4.98 Å². The maximum absolute atomic E-state index is 12.6. The summed E-state index contributed by atoms with van der Waals surface area (Å²) < 4.78 is 7.62. The Bertz CT molecular complexity index is 1230. The van der Waals surface area contributed by atoms with Gasteiger partial charge >= 0.3 is 0 Å². The minimum atomic E-state index is -0.186. The molecule has 0 radical (unpaired) electrons. The van der Waals surface area contributed by atoms with Crippen LogP contribution in [0.1, 0.15) is 22.6 Å². The van der Waals surface area contributed by atoms with Crippen molar-refractivity contribution in [1.29, 1.82) is 0 Å². The highest BCUT2D eigenvalue weighted by atomic mass is 16.5. The van der Waals surface area contributed by atoms with Crippen LogP contribution in [-0.2, 0) is 13.1 Å². The normalized spacial score (nSPS) is 13.5. The summed E-state index contributed by atoms with van der Waals surface area (Å²) >= 11 is 0. The number of hydrogen-bond acceptors (Lipinski definition) is 4. The number of para-hydroxylation sites is 3. The third kappa shape index (κ3) is 3.72. The number of carbonyl (C=O) groups excluding carboxylic acids is 1. The minimum Gasteiger partial charge on any atom is -0.496 e. The van der Waals surface area contributed by atoms with E-state index in [0.717, 1.165) is 48.8 Å². The molecule has 0 fully saturated rings. The summed E-state index contributed by atoms with van der Waals surface area (Å²) in [6.07, 6.45) is 1.06. The lowest BCUT2D eigenvalue weighted by atomic mass is 10.1. The first kappa shape index (κ1) is 19.2. The largest absolute Gasteiger partial charge is 0.496 e. The van der Waals surface area contributed by atoms with E-state index in [1.807, 2.05) is 30.3 Å². The van der Waals surface area contributed by atoms with E-state index in [2.05, 4.69) is 45.1 Å². The molecule has 1 aliphatic rings. The van der Waals surface area contributed by atoms with Crippen LogP contribution >= 0.6 is 0 Å². The molecule has 0 atom stereocenters. The van der Waals surface area contributed by atoms with Crippen molar-refractivity contribution in [1.82, 2.24) is 9.55 Å². The van der Waals surface area contributed by atoms with E-state index in [1.54, 1.807) is 19.2 Å². The SMILES string of the molecule is COc1ccccc1C(=O)Nc1ccc(N2CCCn3c(nc4ccccc43)C2)cc1. The Morgan fingerprint density at radius 3 is 2.58 bits per heavy atom.